The van der Waals surface area contributed by atoms with E-state index in [4.69, 9.17) is 0 Å². The first-order valence-corrected chi connectivity index (χ1v) is 57.0. The van der Waals surface area contributed by atoms with Gasteiger partial charge < -0.3 is 30.3 Å². The van der Waals surface area contributed by atoms with Crippen molar-refractivity contribution in [2.24, 2.45) is 168 Å². The molecule has 0 aromatic heterocycles. The molecule has 12 saturated carbocycles. The van der Waals surface area contributed by atoms with E-state index in [1.54, 1.807) is 39.5 Å². The van der Waals surface area contributed by atoms with Crippen molar-refractivity contribution in [2.75, 3.05) is 6.61 Å². The van der Waals surface area contributed by atoms with Gasteiger partial charge >= 0.3 is 0 Å². The maximum Gasteiger partial charge on any atom is 0.126 e. The number of aliphatic hydroxyl groups is 5. The van der Waals surface area contributed by atoms with E-state index >= 15 is 0 Å². The second kappa shape index (κ2) is 40.7. The lowest BCUT2D eigenvalue weighted by Crippen LogP contribution is -2.53. The van der Waals surface area contributed by atoms with Gasteiger partial charge in [-0.15, -0.1) is 46.1 Å². The van der Waals surface area contributed by atoms with Crippen molar-refractivity contribution in [1.82, 2.24) is 0 Å². The first kappa shape index (κ1) is 109. The van der Waals surface area contributed by atoms with Gasteiger partial charge in [0.2, 0.25) is 0 Å². The van der Waals surface area contributed by atoms with E-state index in [0.29, 0.717) is 69.7 Å². The number of aldehydes is 1. The predicted octanol–water partition coefficient (Wildman–Crippen LogP) is 34.5. The molecule has 34 atom stereocenters. The number of hydrogen-bond donors (Lipinski definition) is 5. The van der Waals surface area contributed by atoms with Crippen molar-refractivity contribution in [3.05, 3.63) is 207 Å². The van der Waals surface area contributed by atoms with Crippen molar-refractivity contribution >= 4 is 6.29 Å². The molecule has 6 nitrogen and oxygen atoms in total. The zero-order chi connectivity index (χ0) is 101. The van der Waals surface area contributed by atoms with Crippen LogP contribution >= 0.6 is 0 Å². The normalized spacial score (nSPS) is 47.4. The van der Waals surface area contributed by atoms with Crippen LogP contribution in [0, 0.1) is 168 Å². The summed E-state index contributed by atoms with van der Waals surface area (Å²) in [5.41, 5.74) is 14.9. The molecule has 12 fully saturated rings. The van der Waals surface area contributed by atoms with Gasteiger partial charge in [0, 0.05) is 28.3 Å². The zero-order valence-electron chi connectivity index (χ0n) is 91.9. The molecule has 1 aromatic carbocycles. The van der Waals surface area contributed by atoms with E-state index in [1.807, 2.05) is 32.1 Å². The summed E-state index contributed by atoms with van der Waals surface area (Å²) >= 11 is 0. The molecular weight excluding hydrogens is 1680 g/mol. The Labute approximate surface area is 845 Å². The van der Waals surface area contributed by atoms with Crippen LogP contribution in [0.4, 0.5) is 0 Å². The van der Waals surface area contributed by atoms with E-state index in [1.165, 1.54) is 212 Å². The van der Waals surface area contributed by atoms with Gasteiger partial charge in [-0.3, -0.25) is 0 Å². The number of benzene rings is 1. The van der Waals surface area contributed by atoms with E-state index in [-0.39, 0.29) is 100 Å². The van der Waals surface area contributed by atoms with Crippen LogP contribution in [-0.4, -0.2) is 56.7 Å². The highest BCUT2D eigenvalue weighted by molar-refractivity contribution is 5.60. The van der Waals surface area contributed by atoms with Crippen LogP contribution in [0.2, 0.25) is 0 Å². The molecule has 0 heterocycles. The molecule has 1 aromatic rings. The lowest BCUT2D eigenvalue weighted by molar-refractivity contribution is -0.126. The fourth-order valence-corrected chi connectivity index (χ4v) is 37.6. The number of carbonyl (C=O) groups is 1. The maximum atomic E-state index is 11.8. The quantitative estimate of drug-likeness (QED) is 0.0882. The summed E-state index contributed by atoms with van der Waals surface area (Å²) in [5, 5.41) is 53.5. The molecule has 0 bridgehead atoms. The van der Waals surface area contributed by atoms with Gasteiger partial charge in [0.05, 0.1) is 24.4 Å². The monoisotopic (exact) mass is 1880 g/mol. The topological polar surface area (TPSA) is 118 Å². The SMILES string of the molecule is C=CC(O)[C@]1(C)CCC[C@@]2(C)C3=CC[C@](C)(C=C)C[C@@H]3CC[C@@H]21.C=C[C@@]1(C)CC=C2[C@@H](CC[C@@H]3[C@](C)(CO)CCC[C@@]23C)C1.C=C[C@@]1(C)CC=C2[C@@H](CC[C@H]3[C@@]2(C)CCC[C@@]3(C)C(C)O)C1.C=C[C@@]1(C)CC=C2[C@@H](CC[C@H]3[C@@]2(C)CCC[C@@]3(C)C(O)/C=C/C)C1.C=C[C@@]1(C)CC=C2[C@@H](CC[C@H]3[C@@]2(C)CCC[C@@]3(C)C(O)c2ccccc2)C1.C=C[C@@]1(C)CC=C2[C@@H](CC[C@H]3[C@@]2(C)CCC[C@@]3(C)C=O)C1. The summed E-state index contributed by atoms with van der Waals surface area (Å²) in [6, 6.07) is 10.4. The Morgan fingerprint density at radius 3 is 0.884 bits per heavy atom. The molecule has 766 valence electrons. The largest absolute Gasteiger partial charge is 0.396 e. The number of carbonyl (C=O) groups excluding carboxylic acids is 1. The van der Waals surface area contributed by atoms with Gasteiger partial charge in [0.1, 0.15) is 6.29 Å². The molecule has 138 heavy (non-hydrogen) atoms. The highest BCUT2D eigenvalue weighted by atomic mass is 16.3. The molecule has 19 rings (SSSR count). The maximum absolute atomic E-state index is 11.8. The summed E-state index contributed by atoms with van der Waals surface area (Å²) in [6.07, 6.45) is 85.9. The molecule has 0 radical (unpaired) electrons. The Balaban J connectivity index is 0.000000132. The zero-order valence-corrected chi connectivity index (χ0v) is 91.9. The Morgan fingerprint density at radius 1 is 0.326 bits per heavy atom. The van der Waals surface area contributed by atoms with Gasteiger partial charge in [-0.2, -0.15) is 0 Å². The van der Waals surface area contributed by atoms with Crippen LogP contribution in [0.15, 0.2) is 201 Å². The van der Waals surface area contributed by atoms with Crippen LogP contribution < -0.4 is 0 Å². The van der Waals surface area contributed by atoms with E-state index in [0.717, 1.165) is 99.4 Å². The number of hydrogen-bond acceptors (Lipinski definition) is 6. The van der Waals surface area contributed by atoms with Crippen molar-refractivity contribution in [1.29, 1.82) is 0 Å². The third kappa shape index (κ3) is 19.6. The Bertz CT molecular complexity index is 4780. The third-order valence-electron chi connectivity index (χ3n) is 46.6. The lowest BCUT2D eigenvalue weighted by atomic mass is 9.45. The molecule has 18 aliphatic rings. The van der Waals surface area contributed by atoms with E-state index in [9.17, 15) is 30.3 Å². The Hall–Kier alpha value is -4.95. The van der Waals surface area contributed by atoms with Gasteiger partial charge in [0.15, 0.2) is 0 Å². The Kier molecular flexibility index (Phi) is 32.1. The number of allylic oxidation sites excluding steroid dienone is 19. The first-order valence-electron chi connectivity index (χ1n) is 57.0. The second-order valence-electron chi connectivity index (χ2n) is 55.7. The van der Waals surface area contributed by atoms with Crippen molar-refractivity contribution in [3.63, 3.8) is 0 Å². The smallest absolute Gasteiger partial charge is 0.126 e. The van der Waals surface area contributed by atoms with Crippen LogP contribution in [0.25, 0.3) is 0 Å². The standard InChI is InChI=1S/C26H36O.C23H36O.C22H34O.C21H34O.C20H32O.C20H30O/c1-5-24(2)17-14-21-20(18-24)12-13-22-25(21,3)15-9-16-26(22,4)23(27)19-10-7-6-8-11-19;1-6-9-20(24)23(5)14-8-13-22(4)18-12-15-21(3,7-2)16-17(18)10-11-19(22)23;1-6-19(23)22(5)13-8-12-21(4)17-11-14-20(3,7-2)15-16(17)9-10-18(21)22;1-6-19(3)13-10-17-16(14-19)8-9-18-20(4,15(2)22)11-7-12-21(17,18)5;2*1-5-18(2)12-9-16-15(13-18)7-8-17-19(3,14-21)10-6-11-20(16,17)4/h5-8,10-11,14,20,22-23,27H,1,9,12-13,15-18H2,2-4H3;6-7,9,12,17,19-20,24H,2,8,10-11,13-16H2,1,3-5H3;6-7,11,16,18-19,23H,1-2,8-10,12-15H2,3-5H3;6,10,15-16,18,22H,1,7-9,11-14H2,2-5H3;5,9,15,17,21H,1,6-8,10-14H2,2-4H3;5,9,14-15,17H,1,6-8,10-13H2,2-4H3/b;9-6+;;;;/t20-,22-,23?,24-,25-,26+;17-,19-,20?,21-,22-,23+;16-,18-,19?,20-,21-,22+;15?,16-,18+,19-,20-,21-;2*15-,17+,18-,19-,20-/m000000/s1. The van der Waals surface area contributed by atoms with Crippen molar-refractivity contribution in [2.45, 2.75) is 433 Å². The number of aliphatic hydroxyl groups excluding tert-OH is 5. The van der Waals surface area contributed by atoms with Crippen molar-refractivity contribution in [3.8, 4) is 0 Å². The minimum absolute atomic E-state index is 0.0141. The molecule has 4 unspecified atom stereocenters. The minimum Gasteiger partial charge on any atom is -0.396 e. The summed E-state index contributed by atoms with van der Waals surface area (Å²) in [7, 11) is 0. The third-order valence-corrected chi connectivity index (χ3v) is 46.6. The van der Waals surface area contributed by atoms with E-state index < -0.39 is 0 Å². The summed E-state index contributed by atoms with van der Waals surface area (Å²) in [6.45, 7) is 75.8. The second-order valence-corrected chi connectivity index (χ2v) is 55.7. The molecule has 6 heteroatoms. The van der Waals surface area contributed by atoms with Gasteiger partial charge in [-0.05, 0) is 397 Å². The predicted molar refractivity (Wildman–Crippen MR) is 585 cm³/mol. The highest BCUT2D eigenvalue weighted by Crippen LogP contribution is 2.73. The van der Waals surface area contributed by atoms with Gasteiger partial charge in [-0.25, -0.2) is 0 Å². The average molecular weight is 1890 g/mol. The Morgan fingerprint density at radius 2 is 0.587 bits per heavy atom. The van der Waals surface area contributed by atoms with Crippen LogP contribution in [0.3, 0.4) is 0 Å². The van der Waals surface area contributed by atoms with Crippen LogP contribution in [0.5, 0.6) is 0 Å². The highest BCUT2D eigenvalue weighted by Gasteiger charge is 2.64. The lowest BCUT2D eigenvalue weighted by Gasteiger charge is -2.60. The van der Waals surface area contributed by atoms with Crippen molar-refractivity contribution < 1.29 is 30.3 Å². The summed E-state index contributed by atoms with van der Waals surface area (Å²) < 4.78 is 0. The average Bonchev–Trinajstić information content (AvgIpc) is 0.724. The van der Waals surface area contributed by atoms with Crippen LogP contribution in [-0.2, 0) is 4.79 Å². The molecule has 0 spiro atoms. The molecule has 18 aliphatic carbocycles. The van der Waals surface area contributed by atoms with E-state index in [2.05, 4.69) is 268 Å². The summed E-state index contributed by atoms with van der Waals surface area (Å²) in [4.78, 5) is 11.8. The number of fused-ring (bicyclic) bond motifs is 18. The molecule has 0 aliphatic heterocycles. The van der Waals surface area contributed by atoms with Gasteiger partial charge in [0.25, 0.3) is 0 Å². The molecule has 5 N–H and O–H groups in total. The minimum atomic E-state index is -0.383. The fraction of sp³-hybridized carbons (Fsp3) is 0.735. The fourth-order valence-electron chi connectivity index (χ4n) is 37.6. The molecular formula is C132H202O6. The number of rotatable bonds is 15. The van der Waals surface area contributed by atoms with Crippen LogP contribution in [0.1, 0.15) is 420 Å². The summed E-state index contributed by atoms with van der Waals surface area (Å²) in [5.74, 6) is 7.96. The molecule has 0 saturated heterocycles. The molecule has 0 amide bonds. The van der Waals surface area contributed by atoms with Gasteiger partial charge in [-0.1, -0.05) is 318 Å². The first-order chi connectivity index (χ1) is 64.9.